The summed E-state index contributed by atoms with van der Waals surface area (Å²) in [6.07, 6.45) is -0.0852. The molecule has 0 saturated carbocycles. The fourth-order valence-corrected chi connectivity index (χ4v) is 1.95. The molecule has 0 radical (unpaired) electrons. The first-order chi connectivity index (χ1) is 9.08. The van der Waals surface area contributed by atoms with Crippen LogP contribution in [0.3, 0.4) is 0 Å². The highest BCUT2D eigenvalue weighted by Gasteiger charge is 2.30. The summed E-state index contributed by atoms with van der Waals surface area (Å²) in [5.74, 6) is 0.764. The molecule has 7 nitrogen and oxygen atoms in total. The molecular formula is C12H20N4O3. The van der Waals surface area contributed by atoms with Gasteiger partial charge >= 0.3 is 6.09 Å². The lowest BCUT2D eigenvalue weighted by molar-refractivity contribution is 0.0682. The number of carbonyl (C=O) groups excluding carboxylic acids is 1. The number of anilines is 1. The van der Waals surface area contributed by atoms with Crippen molar-refractivity contribution >= 4 is 11.9 Å². The van der Waals surface area contributed by atoms with Crippen LogP contribution in [0.4, 0.5) is 10.6 Å². The largest absolute Gasteiger partial charge is 0.444 e. The Hall–Kier alpha value is -1.76. The number of aromatic nitrogens is 2. The maximum Gasteiger partial charge on any atom is 0.407 e. The topological polar surface area (TPSA) is 88.3 Å². The Bertz CT molecular complexity index is 432. The van der Waals surface area contributed by atoms with Crippen LogP contribution in [0.25, 0.3) is 0 Å². The summed E-state index contributed by atoms with van der Waals surface area (Å²) in [5.41, 5.74) is 0.889. The Morgan fingerprint density at radius 1 is 1.63 bits per heavy atom. The van der Waals surface area contributed by atoms with E-state index < -0.39 is 6.09 Å². The van der Waals surface area contributed by atoms with Crippen LogP contribution in [0.2, 0.25) is 0 Å². The molecular weight excluding hydrogens is 248 g/mol. The van der Waals surface area contributed by atoms with E-state index in [1.54, 1.807) is 7.05 Å². The van der Waals surface area contributed by atoms with Crippen LogP contribution in [0.15, 0.2) is 6.07 Å². The second kappa shape index (κ2) is 5.92. The minimum atomic E-state index is -0.398. The van der Waals surface area contributed by atoms with Gasteiger partial charge in [-0.2, -0.15) is 5.10 Å². The molecule has 106 valence electrons. The summed E-state index contributed by atoms with van der Waals surface area (Å²) in [7, 11) is 1.80. The van der Waals surface area contributed by atoms with E-state index in [2.05, 4.69) is 20.8 Å². The SMILES string of the molecule is CNc1cc(C2CC(OC(=O)NC(C)C)CO2)[nH]n1. The minimum absolute atomic E-state index is 0.0661. The zero-order valence-corrected chi connectivity index (χ0v) is 11.4. The van der Waals surface area contributed by atoms with Gasteiger partial charge < -0.3 is 20.1 Å². The highest BCUT2D eigenvalue weighted by Crippen LogP contribution is 2.30. The second-order valence-corrected chi connectivity index (χ2v) is 4.84. The monoisotopic (exact) mass is 268 g/mol. The lowest BCUT2D eigenvalue weighted by Gasteiger charge is -2.13. The molecule has 2 heterocycles. The quantitative estimate of drug-likeness (QED) is 0.768. The lowest BCUT2D eigenvalue weighted by Crippen LogP contribution is -2.33. The van der Waals surface area contributed by atoms with Crippen LogP contribution in [0.1, 0.15) is 32.1 Å². The third-order valence-electron chi connectivity index (χ3n) is 2.84. The zero-order valence-electron chi connectivity index (χ0n) is 11.4. The standard InChI is InChI=1S/C12H20N4O3/c1-7(2)14-12(17)19-8-4-10(18-6-8)9-5-11(13-3)16-15-9/h5,7-8,10H,4,6H2,1-3H3,(H,14,17)(H2,13,15,16). The van der Waals surface area contributed by atoms with Gasteiger partial charge in [-0.25, -0.2) is 4.79 Å². The summed E-state index contributed by atoms with van der Waals surface area (Å²) in [6, 6.07) is 1.96. The van der Waals surface area contributed by atoms with Crippen molar-refractivity contribution in [3.05, 3.63) is 11.8 Å². The molecule has 1 amide bonds. The van der Waals surface area contributed by atoms with Gasteiger partial charge in [-0.3, -0.25) is 5.10 Å². The first-order valence-electron chi connectivity index (χ1n) is 6.40. The number of hydrogen-bond donors (Lipinski definition) is 3. The highest BCUT2D eigenvalue weighted by atomic mass is 16.6. The average Bonchev–Trinajstić information content (AvgIpc) is 2.95. The van der Waals surface area contributed by atoms with E-state index in [1.807, 2.05) is 19.9 Å². The number of hydrogen-bond acceptors (Lipinski definition) is 5. The van der Waals surface area contributed by atoms with Crippen LogP contribution < -0.4 is 10.6 Å². The Morgan fingerprint density at radius 3 is 3.05 bits per heavy atom. The smallest absolute Gasteiger partial charge is 0.407 e. The minimum Gasteiger partial charge on any atom is -0.444 e. The van der Waals surface area contributed by atoms with E-state index in [4.69, 9.17) is 9.47 Å². The second-order valence-electron chi connectivity index (χ2n) is 4.84. The van der Waals surface area contributed by atoms with Gasteiger partial charge in [-0.1, -0.05) is 0 Å². The van der Waals surface area contributed by atoms with Crippen LogP contribution in [0, 0.1) is 0 Å². The van der Waals surface area contributed by atoms with E-state index in [0.717, 1.165) is 11.5 Å². The molecule has 1 aromatic rings. The number of alkyl carbamates (subject to hydrolysis) is 1. The van der Waals surface area contributed by atoms with Crippen molar-refractivity contribution in [3.63, 3.8) is 0 Å². The number of aromatic amines is 1. The third kappa shape index (κ3) is 3.60. The van der Waals surface area contributed by atoms with Crippen molar-refractivity contribution in [2.24, 2.45) is 0 Å². The predicted molar refractivity (Wildman–Crippen MR) is 70.0 cm³/mol. The summed E-state index contributed by atoms with van der Waals surface area (Å²) in [6.45, 7) is 4.18. The van der Waals surface area contributed by atoms with Crippen LogP contribution in [-0.2, 0) is 9.47 Å². The van der Waals surface area contributed by atoms with Gasteiger partial charge in [-0.05, 0) is 13.8 Å². The average molecular weight is 268 g/mol. The molecule has 2 rings (SSSR count). The normalized spacial score (nSPS) is 22.5. The highest BCUT2D eigenvalue weighted by molar-refractivity contribution is 5.67. The number of rotatable bonds is 4. The molecule has 7 heteroatoms. The van der Waals surface area contributed by atoms with E-state index in [0.29, 0.717) is 13.0 Å². The fraction of sp³-hybridized carbons (Fsp3) is 0.667. The molecule has 0 spiro atoms. The van der Waals surface area contributed by atoms with Crippen molar-refractivity contribution < 1.29 is 14.3 Å². The Morgan fingerprint density at radius 2 is 2.42 bits per heavy atom. The number of ether oxygens (including phenoxy) is 2. The number of nitrogens with zero attached hydrogens (tertiary/aromatic N) is 1. The first-order valence-corrected chi connectivity index (χ1v) is 6.40. The molecule has 1 aromatic heterocycles. The predicted octanol–water partition coefficient (Wildman–Crippen LogP) is 1.42. The summed E-state index contributed by atoms with van der Waals surface area (Å²) in [5, 5.41) is 12.6. The number of amides is 1. The molecule has 3 N–H and O–H groups in total. The van der Waals surface area contributed by atoms with Gasteiger partial charge in [0.1, 0.15) is 18.0 Å². The van der Waals surface area contributed by atoms with Gasteiger partial charge in [0.25, 0.3) is 0 Å². The van der Waals surface area contributed by atoms with Crippen molar-refractivity contribution in [1.29, 1.82) is 0 Å². The van der Waals surface area contributed by atoms with Crippen molar-refractivity contribution in [2.75, 3.05) is 19.0 Å². The molecule has 1 saturated heterocycles. The molecule has 19 heavy (non-hydrogen) atoms. The molecule has 0 bridgehead atoms. The first kappa shape index (κ1) is 13.7. The molecule has 1 aliphatic rings. The molecule has 0 aromatic carbocycles. The zero-order chi connectivity index (χ0) is 13.8. The maximum absolute atomic E-state index is 11.5. The third-order valence-corrected chi connectivity index (χ3v) is 2.84. The summed E-state index contributed by atoms with van der Waals surface area (Å²) in [4.78, 5) is 11.5. The van der Waals surface area contributed by atoms with Gasteiger partial charge in [0, 0.05) is 25.6 Å². The van der Waals surface area contributed by atoms with Gasteiger partial charge in [0.15, 0.2) is 0 Å². The summed E-state index contributed by atoms with van der Waals surface area (Å²) < 4.78 is 10.9. The van der Waals surface area contributed by atoms with Gasteiger partial charge in [0.05, 0.1) is 12.3 Å². The molecule has 1 fully saturated rings. The number of nitrogens with one attached hydrogen (secondary N) is 3. The Kier molecular flexibility index (Phi) is 4.26. The molecule has 2 atom stereocenters. The Labute approximate surface area is 112 Å². The van der Waals surface area contributed by atoms with Crippen molar-refractivity contribution in [1.82, 2.24) is 15.5 Å². The van der Waals surface area contributed by atoms with E-state index in [9.17, 15) is 4.79 Å². The van der Waals surface area contributed by atoms with Gasteiger partial charge in [0.2, 0.25) is 0 Å². The molecule has 1 aliphatic heterocycles. The van der Waals surface area contributed by atoms with Crippen molar-refractivity contribution in [3.8, 4) is 0 Å². The summed E-state index contributed by atoms with van der Waals surface area (Å²) >= 11 is 0. The molecule has 2 unspecified atom stereocenters. The van der Waals surface area contributed by atoms with Crippen LogP contribution in [-0.4, -0.2) is 42.1 Å². The van der Waals surface area contributed by atoms with Crippen LogP contribution in [0.5, 0.6) is 0 Å². The van der Waals surface area contributed by atoms with Gasteiger partial charge in [-0.15, -0.1) is 0 Å². The van der Waals surface area contributed by atoms with E-state index >= 15 is 0 Å². The van der Waals surface area contributed by atoms with E-state index in [-0.39, 0.29) is 18.2 Å². The van der Waals surface area contributed by atoms with Crippen LogP contribution >= 0.6 is 0 Å². The van der Waals surface area contributed by atoms with E-state index in [1.165, 1.54) is 0 Å². The lowest BCUT2D eigenvalue weighted by atomic mass is 10.1. The van der Waals surface area contributed by atoms with Crippen molar-refractivity contribution in [2.45, 2.75) is 38.5 Å². The Balaban J connectivity index is 1.84. The number of carbonyl (C=O) groups is 1. The maximum atomic E-state index is 11.5. The number of H-pyrrole nitrogens is 1. The molecule has 0 aliphatic carbocycles. The fourth-order valence-electron chi connectivity index (χ4n) is 1.95.